The second kappa shape index (κ2) is 11.4. The van der Waals surface area contributed by atoms with E-state index in [9.17, 15) is 9.59 Å². The van der Waals surface area contributed by atoms with Gasteiger partial charge in [0.05, 0.1) is 30.0 Å². The van der Waals surface area contributed by atoms with Gasteiger partial charge in [0, 0.05) is 0 Å². The van der Waals surface area contributed by atoms with Gasteiger partial charge in [-0.25, -0.2) is 9.59 Å². The summed E-state index contributed by atoms with van der Waals surface area (Å²) in [6.45, 7) is 4.20. The van der Waals surface area contributed by atoms with E-state index in [2.05, 4.69) is 22.8 Å². The Morgan fingerprint density at radius 1 is 0.914 bits per heavy atom. The molecule has 0 spiro atoms. The fourth-order valence-electron chi connectivity index (χ4n) is 4.01. The average Bonchev–Trinajstić information content (AvgIpc) is 2.87. The van der Waals surface area contributed by atoms with Crippen LogP contribution in [0.1, 0.15) is 43.0 Å². The summed E-state index contributed by atoms with van der Waals surface area (Å²) in [4.78, 5) is 25.7. The Morgan fingerprint density at radius 2 is 1.57 bits per heavy atom. The fraction of sp³-hybridized carbons (Fsp3) is 0.241. The molecule has 3 aromatic carbocycles. The lowest BCUT2D eigenvalue weighted by molar-refractivity contribution is -0.143. The highest BCUT2D eigenvalue weighted by molar-refractivity contribution is 6.04. The first kappa shape index (κ1) is 24.1. The van der Waals surface area contributed by atoms with E-state index in [-0.39, 0.29) is 12.1 Å². The van der Waals surface area contributed by atoms with E-state index >= 15 is 0 Å². The molecule has 2 N–H and O–H groups in total. The molecule has 0 radical (unpaired) electrons. The number of esters is 1. The summed E-state index contributed by atoms with van der Waals surface area (Å²) in [5, 5.41) is 5.68. The van der Waals surface area contributed by atoms with Gasteiger partial charge < -0.3 is 20.1 Å². The molecule has 0 saturated carbocycles. The number of carbonyl (C=O) groups excluding carboxylic acids is 2. The van der Waals surface area contributed by atoms with Crippen molar-refractivity contribution in [3.8, 4) is 5.75 Å². The quantitative estimate of drug-likeness (QED) is 0.324. The summed E-state index contributed by atoms with van der Waals surface area (Å²) in [6, 6.07) is 26.1. The molecule has 2 amide bonds. The van der Waals surface area contributed by atoms with Crippen LogP contribution >= 0.6 is 0 Å². The molecule has 3 aromatic rings. The molecule has 0 aliphatic carbocycles. The van der Waals surface area contributed by atoms with E-state index in [1.807, 2.05) is 72.8 Å². The maximum Gasteiger partial charge on any atom is 0.338 e. The van der Waals surface area contributed by atoms with Gasteiger partial charge in [-0.1, -0.05) is 72.8 Å². The second-order valence-corrected chi connectivity index (χ2v) is 8.65. The van der Waals surface area contributed by atoms with Crippen molar-refractivity contribution < 1.29 is 19.1 Å². The van der Waals surface area contributed by atoms with E-state index in [1.54, 1.807) is 13.8 Å². The van der Waals surface area contributed by atoms with Gasteiger partial charge in [-0.2, -0.15) is 0 Å². The first-order chi connectivity index (χ1) is 17.0. The number of benzene rings is 3. The van der Waals surface area contributed by atoms with Crippen molar-refractivity contribution in [2.24, 2.45) is 0 Å². The number of hydrogen-bond acceptors (Lipinski definition) is 4. The zero-order valence-corrected chi connectivity index (χ0v) is 20.0. The van der Waals surface area contributed by atoms with E-state index in [0.29, 0.717) is 17.9 Å². The molecule has 6 heteroatoms. The lowest BCUT2D eigenvalue weighted by atomic mass is 9.92. The fourth-order valence-corrected chi connectivity index (χ4v) is 4.01. The molecular formula is C29H30N2O4. The van der Waals surface area contributed by atoms with Crippen LogP contribution in [-0.2, 0) is 16.0 Å². The Bertz CT molecular complexity index is 1170. The molecular weight excluding hydrogens is 440 g/mol. The summed E-state index contributed by atoms with van der Waals surface area (Å²) in [6.07, 6.45) is 1.57. The maximum atomic E-state index is 13.1. The van der Waals surface area contributed by atoms with Gasteiger partial charge in [0.25, 0.3) is 0 Å². The number of ether oxygens (including phenoxy) is 2. The van der Waals surface area contributed by atoms with Crippen LogP contribution in [0.3, 0.4) is 0 Å². The number of urea groups is 1. The molecule has 1 atom stereocenters. The number of amides is 2. The predicted molar refractivity (Wildman–Crippen MR) is 136 cm³/mol. The zero-order valence-electron chi connectivity index (χ0n) is 20.0. The first-order valence-electron chi connectivity index (χ1n) is 11.9. The third kappa shape index (κ3) is 6.29. The standard InChI is InChI=1S/C29H30N2O4/c1-20(2)35-28(32)25-26(22-13-7-4-8-14-22)30-29(33)31-27(25)23-15-17-24(18-16-23)34-19-9-12-21-10-5-3-6-11-21/h3-8,10-11,13-18,20,27H,9,12,19H2,1-2H3,(H2,30,31,33). The highest BCUT2D eigenvalue weighted by atomic mass is 16.5. The smallest absolute Gasteiger partial charge is 0.338 e. The molecule has 180 valence electrons. The lowest BCUT2D eigenvalue weighted by Gasteiger charge is -2.30. The predicted octanol–water partition coefficient (Wildman–Crippen LogP) is 5.42. The Kier molecular flexibility index (Phi) is 7.83. The van der Waals surface area contributed by atoms with Crippen molar-refractivity contribution in [3.05, 3.63) is 107 Å². The molecule has 1 aliphatic heterocycles. The molecule has 0 aromatic heterocycles. The van der Waals surface area contributed by atoms with Gasteiger partial charge in [0.15, 0.2) is 0 Å². The van der Waals surface area contributed by atoms with Crippen LogP contribution in [0.15, 0.2) is 90.5 Å². The number of aryl methyl sites for hydroxylation is 1. The molecule has 35 heavy (non-hydrogen) atoms. The van der Waals surface area contributed by atoms with Gasteiger partial charge in [-0.3, -0.25) is 0 Å². The van der Waals surface area contributed by atoms with Gasteiger partial charge in [0.2, 0.25) is 0 Å². The Balaban J connectivity index is 1.53. The van der Waals surface area contributed by atoms with E-state index in [1.165, 1.54) is 5.56 Å². The molecule has 6 nitrogen and oxygen atoms in total. The third-order valence-corrected chi connectivity index (χ3v) is 5.63. The van der Waals surface area contributed by atoms with Crippen LogP contribution in [0.5, 0.6) is 5.75 Å². The Morgan fingerprint density at radius 3 is 2.23 bits per heavy atom. The van der Waals surface area contributed by atoms with Crippen molar-refractivity contribution in [1.82, 2.24) is 10.6 Å². The number of rotatable bonds is 9. The SMILES string of the molecule is CC(C)OC(=O)C1=C(c2ccccc2)NC(=O)NC1c1ccc(OCCCc2ccccc2)cc1. The average molecular weight is 471 g/mol. The minimum atomic E-state index is -0.655. The third-order valence-electron chi connectivity index (χ3n) is 5.63. The summed E-state index contributed by atoms with van der Waals surface area (Å²) in [5.41, 5.74) is 3.60. The number of carbonyl (C=O) groups is 2. The van der Waals surface area contributed by atoms with Crippen LogP contribution in [0.2, 0.25) is 0 Å². The molecule has 1 heterocycles. The van der Waals surface area contributed by atoms with Gasteiger partial charge in [0.1, 0.15) is 5.75 Å². The lowest BCUT2D eigenvalue weighted by Crippen LogP contribution is -2.45. The van der Waals surface area contributed by atoms with Gasteiger partial charge in [-0.05, 0) is 55.5 Å². The summed E-state index contributed by atoms with van der Waals surface area (Å²) >= 11 is 0. The number of nitrogens with one attached hydrogen (secondary N) is 2. The van der Waals surface area contributed by atoms with Crippen molar-refractivity contribution >= 4 is 17.7 Å². The van der Waals surface area contributed by atoms with Gasteiger partial charge in [-0.15, -0.1) is 0 Å². The van der Waals surface area contributed by atoms with Crippen LogP contribution in [0.4, 0.5) is 4.79 Å². The monoisotopic (exact) mass is 470 g/mol. The number of hydrogen-bond donors (Lipinski definition) is 2. The van der Waals surface area contributed by atoms with Crippen molar-refractivity contribution in [1.29, 1.82) is 0 Å². The summed E-state index contributed by atoms with van der Waals surface area (Å²) in [5.74, 6) is 0.262. The first-order valence-corrected chi connectivity index (χ1v) is 11.9. The van der Waals surface area contributed by atoms with Crippen LogP contribution in [0.25, 0.3) is 5.70 Å². The normalized spacial score (nSPS) is 15.4. The van der Waals surface area contributed by atoms with E-state index in [4.69, 9.17) is 9.47 Å². The Labute approximate surface area is 206 Å². The maximum absolute atomic E-state index is 13.1. The molecule has 4 rings (SSSR count). The molecule has 0 saturated heterocycles. The molecule has 1 unspecified atom stereocenters. The van der Waals surface area contributed by atoms with Crippen molar-refractivity contribution in [2.75, 3.05) is 6.61 Å². The largest absolute Gasteiger partial charge is 0.494 e. The topological polar surface area (TPSA) is 76.7 Å². The Hall–Kier alpha value is -4.06. The molecule has 0 bridgehead atoms. The molecule has 0 fully saturated rings. The van der Waals surface area contributed by atoms with Crippen molar-refractivity contribution in [2.45, 2.75) is 38.8 Å². The van der Waals surface area contributed by atoms with E-state index in [0.717, 1.165) is 29.7 Å². The minimum absolute atomic E-state index is 0.294. The van der Waals surface area contributed by atoms with Crippen molar-refractivity contribution in [3.63, 3.8) is 0 Å². The highest BCUT2D eigenvalue weighted by Crippen LogP contribution is 2.33. The van der Waals surface area contributed by atoms with E-state index < -0.39 is 12.0 Å². The summed E-state index contributed by atoms with van der Waals surface area (Å²) < 4.78 is 11.4. The highest BCUT2D eigenvalue weighted by Gasteiger charge is 2.34. The molecule has 1 aliphatic rings. The van der Waals surface area contributed by atoms with Crippen LogP contribution in [0, 0.1) is 0 Å². The van der Waals surface area contributed by atoms with Crippen LogP contribution < -0.4 is 15.4 Å². The van der Waals surface area contributed by atoms with Gasteiger partial charge >= 0.3 is 12.0 Å². The summed E-state index contributed by atoms with van der Waals surface area (Å²) in [7, 11) is 0. The second-order valence-electron chi connectivity index (χ2n) is 8.65. The zero-order chi connectivity index (χ0) is 24.6. The minimum Gasteiger partial charge on any atom is -0.494 e. The van der Waals surface area contributed by atoms with Crippen LogP contribution in [-0.4, -0.2) is 24.7 Å².